The fourth-order valence-electron chi connectivity index (χ4n) is 2.06. The largest absolute Gasteiger partial charge is 0.475 e. The van der Waals surface area contributed by atoms with Gasteiger partial charge in [-0.05, 0) is 26.3 Å². The minimum atomic E-state index is -0.837. The number of unbranched alkanes of at least 4 members (excludes halogenated alkanes) is 1. The third-order valence-electron chi connectivity index (χ3n) is 3.78. The van der Waals surface area contributed by atoms with E-state index in [0.29, 0.717) is 36.9 Å². The second-order valence-electron chi connectivity index (χ2n) is 5.62. The van der Waals surface area contributed by atoms with Crippen LogP contribution in [0.1, 0.15) is 38.8 Å². The molecule has 1 atom stereocenters. The summed E-state index contributed by atoms with van der Waals surface area (Å²) in [6.07, 6.45) is 2.62. The van der Waals surface area contributed by atoms with Gasteiger partial charge in [0.1, 0.15) is 12.2 Å². The molecular weight excluding hydrogens is 296 g/mol. The van der Waals surface area contributed by atoms with Gasteiger partial charge >= 0.3 is 0 Å². The van der Waals surface area contributed by atoms with Crippen LogP contribution in [0.2, 0.25) is 0 Å². The van der Waals surface area contributed by atoms with E-state index in [2.05, 4.69) is 17.2 Å². The molecule has 0 saturated carbocycles. The van der Waals surface area contributed by atoms with Gasteiger partial charge in [0.25, 0.3) is 5.91 Å². The summed E-state index contributed by atoms with van der Waals surface area (Å²) in [5, 5.41) is 2.90. The summed E-state index contributed by atoms with van der Waals surface area (Å²) < 4.78 is 15.8. The number of aromatic nitrogens is 1. The molecule has 1 heterocycles. The highest BCUT2D eigenvalue weighted by Gasteiger charge is 2.32. The van der Waals surface area contributed by atoms with Crippen molar-refractivity contribution >= 4 is 11.6 Å². The minimum absolute atomic E-state index is 0.161. The normalized spacial score (nSPS) is 13.4. The lowest BCUT2D eigenvalue weighted by Gasteiger charge is -2.27. The second kappa shape index (κ2) is 9.47. The number of hydrogen-bond donors (Lipinski definition) is 1. The van der Waals surface area contributed by atoms with Gasteiger partial charge in [0.05, 0.1) is 18.0 Å². The number of ether oxygens (including phenoxy) is 3. The van der Waals surface area contributed by atoms with Crippen LogP contribution in [0.5, 0.6) is 5.88 Å². The smallest absolute Gasteiger partial charge is 0.256 e. The molecule has 0 fully saturated rings. The van der Waals surface area contributed by atoms with Crippen molar-refractivity contribution in [2.45, 2.75) is 45.6 Å². The molecule has 0 bridgehead atoms. The Morgan fingerprint density at radius 1 is 1.30 bits per heavy atom. The van der Waals surface area contributed by atoms with Crippen LogP contribution in [-0.2, 0) is 14.3 Å². The van der Waals surface area contributed by atoms with E-state index in [-0.39, 0.29) is 5.91 Å². The Hall–Kier alpha value is -1.66. The molecule has 0 aliphatic carbocycles. The Balaban J connectivity index is 2.74. The molecule has 0 aliphatic rings. The number of hydrogen-bond acceptors (Lipinski definition) is 5. The first kappa shape index (κ1) is 19.4. The Morgan fingerprint density at radius 3 is 2.61 bits per heavy atom. The van der Waals surface area contributed by atoms with E-state index < -0.39 is 5.60 Å². The lowest BCUT2D eigenvalue weighted by atomic mass is 9.97. The number of anilines is 1. The summed E-state index contributed by atoms with van der Waals surface area (Å²) in [6.45, 7) is 6.67. The second-order valence-corrected chi connectivity index (χ2v) is 5.62. The molecule has 1 rings (SSSR count). The summed E-state index contributed by atoms with van der Waals surface area (Å²) in [7, 11) is 3.18. The summed E-state index contributed by atoms with van der Waals surface area (Å²) >= 11 is 0. The summed E-state index contributed by atoms with van der Waals surface area (Å²) in [4.78, 5) is 16.8. The molecule has 0 unspecified atom stereocenters. The van der Waals surface area contributed by atoms with Gasteiger partial charge in [-0.1, -0.05) is 19.8 Å². The Kier molecular flexibility index (Phi) is 7.98. The summed E-state index contributed by atoms with van der Waals surface area (Å²) in [6, 6.07) is 3.52. The zero-order valence-electron chi connectivity index (χ0n) is 14.8. The van der Waals surface area contributed by atoms with Crippen LogP contribution < -0.4 is 10.1 Å². The Bertz CT molecular complexity index is 507. The first-order chi connectivity index (χ1) is 11.0. The van der Waals surface area contributed by atoms with E-state index in [1.807, 2.05) is 13.8 Å². The van der Waals surface area contributed by atoms with Gasteiger partial charge in [-0.15, -0.1) is 0 Å². The average Bonchev–Trinajstić information content (AvgIpc) is 2.55. The number of aryl methyl sites for hydroxylation is 1. The zero-order chi connectivity index (χ0) is 17.3. The van der Waals surface area contributed by atoms with E-state index in [1.165, 1.54) is 0 Å². The van der Waals surface area contributed by atoms with Gasteiger partial charge in [-0.25, -0.2) is 4.98 Å². The van der Waals surface area contributed by atoms with Gasteiger partial charge in [0, 0.05) is 20.3 Å². The van der Waals surface area contributed by atoms with Gasteiger partial charge in [-0.2, -0.15) is 0 Å². The van der Waals surface area contributed by atoms with Crippen molar-refractivity contribution in [3.63, 3.8) is 0 Å². The minimum Gasteiger partial charge on any atom is -0.475 e. The number of rotatable bonds is 10. The molecular formula is C17H28N2O4. The molecule has 23 heavy (non-hydrogen) atoms. The van der Waals surface area contributed by atoms with Gasteiger partial charge in [0.2, 0.25) is 5.88 Å². The first-order valence-corrected chi connectivity index (χ1v) is 7.92. The van der Waals surface area contributed by atoms with Crippen molar-refractivity contribution in [2.24, 2.45) is 0 Å². The van der Waals surface area contributed by atoms with Gasteiger partial charge in [-0.3, -0.25) is 4.79 Å². The molecule has 0 spiro atoms. The Morgan fingerprint density at radius 2 is 2.04 bits per heavy atom. The van der Waals surface area contributed by atoms with E-state index in [1.54, 1.807) is 26.4 Å². The highest BCUT2D eigenvalue weighted by molar-refractivity contribution is 5.97. The number of carbonyl (C=O) groups excluding carboxylic acids is 1. The van der Waals surface area contributed by atoms with Crippen molar-refractivity contribution in [3.8, 4) is 5.88 Å². The monoisotopic (exact) mass is 324 g/mol. The van der Waals surface area contributed by atoms with Crippen molar-refractivity contribution < 1.29 is 19.0 Å². The third-order valence-corrected chi connectivity index (χ3v) is 3.78. The molecule has 0 aliphatic heterocycles. The van der Waals surface area contributed by atoms with Crippen LogP contribution in [0.3, 0.4) is 0 Å². The molecule has 1 amide bonds. The molecule has 6 nitrogen and oxygen atoms in total. The summed E-state index contributed by atoms with van der Waals surface area (Å²) in [5.41, 5.74) is 0.520. The maximum absolute atomic E-state index is 12.5. The molecule has 0 aromatic carbocycles. The number of carbonyl (C=O) groups is 1. The van der Waals surface area contributed by atoms with E-state index in [9.17, 15) is 4.79 Å². The van der Waals surface area contributed by atoms with Crippen molar-refractivity contribution in [3.05, 3.63) is 17.8 Å². The predicted octanol–water partition coefficient (Wildman–Crippen LogP) is 2.95. The molecule has 1 aromatic heterocycles. The van der Waals surface area contributed by atoms with Crippen LogP contribution in [0, 0.1) is 6.92 Å². The lowest BCUT2D eigenvalue weighted by molar-refractivity contribution is -0.136. The highest BCUT2D eigenvalue weighted by atomic mass is 16.5. The van der Waals surface area contributed by atoms with Gasteiger partial charge in [0.15, 0.2) is 0 Å². The molecule has 130 valence electrons. The fraction of sp³-hybridized carbons (Fsp3) is 0.647. The topological polar surface area (TPSA) is 69.7 Å². The Labute approximate surface area is 138 Å². The zero-order valence-corrected chi connectivity index (χ0v) is 14.8. The molecule has 1 aromatic rings. The number of amides is 1. The first-order valence-electron chi connectivity index (χ1n) is 7.92. The quantitative estimate of drug-likeness (QED) is 0.670. The standard InChI is InChI=1S/C17H28N2O4/c1-6-7-10-17(3,22-5)16(20)19-14-8-9-15(18-13(14)2)23-12-11-21-4/h8-9H,6-7,10-12H2,1-5H3,(H,19,20)/t17-/m1/s1. The van der Waals surface area contributed by atoms with Crippen LogP contribution in [0.4, 0.5) is 5.69 Å². The number of methoxy groups -OCH3 is 2. The molecule has 0 radical (unpaired) electrons. The van der Waals surface area contributed by atoms with Crippen molar-refractivity contribution in [2.75, 3.05) is 32.8 Å². The van der Waals surface area contributed by atoms with Crippen LogP contribution in [0.15, 0.2) is 12.1 Å². The highest BCUT2D eigenvalue weighted by Crippen LogP contribution is 2.23. The maximum Gasteiger partial charge on any atom is 0.256 e. The molecule has 6 heteroatoms. The summed E-state index contributed by atoms with van der Waals surface area (Å²) in [5.74, 6) is 0.351. The van der Waals surface area contributed by atoms with Gasteiger partial charge < -0.3 is 19.5 Å². The molecule has 0 saturated heterocycles. The number of nitrogens with one attached hydrogen (secondary N) is 1. The molecule has 1 N–H and O–H groups in total. The SMILES string of the molecule is CCCC[C@@](C)(OC)C(=O)Nc1ccc(OCCOC)nc1C. The van der Waals surface area contributed by atoms with Crippen molar-refractivity contribution in [1.82, 2.24) is 4.98 Å². The van der Waals surface area contributed by atoms with E-state index in [0.717, 1.165) is 12.8 Å². The van der Waals surface area contributed by atoms with Crippen LogP contribution in [-0.4, -0.2) is 43.9 Å². The van der Waals surface area contributed by atoms with Crippen LogP contribution in [0.25, 0.3) is 0 Å². The van der Waals surface area contributed by atoms with Crippen molar-refractivity contribution in [1.29, 1.82) is 0 Å². The number of pyridine rings is 1. The van der Waals surface area contributed by atoms with E-state index >= 15 is 0 Å². The lowest BCUT2D eigenvalue weighted by Crippen LogP contribution is -2.42. The third kappa shape index (κ3) is 5.80. The predicted molar refractivity (Wildman–Crippen MR) is 89.9 cm³/mol. The average molecular weight is 324 g/mol. The maximum atomic E-state index is 12.5. The van der Waals surface area contributed by atoms with Crippen LogP contribution >= 0.6 is 0 Å². The fourth-order valence-corrected chi connectivity index (χ4v) is 2.06. The van der Waals surface area contributed by atoms with E-state index in [4.69, 9.17) is 14.2 Å². The number of nitrogens with zero attached hydrogens (tertiary/aromatic N) is 1.